The molecule has 4 aliphatic carbocycles. The van der Waals surface area contributed by atoms with Crippen LogP contribution in [0.1, 0.15) is 73.1 Å². The fraction of sp³-hybridized carbons (Fsp3) is 0.600. The third-order valence-corrected chi connectivity index (χ3v) is 8.74. The predicted octanol–water partition coefficient (Wildman–Crippen LogP) is 6.14. The lowest BCUT2D eigenvalue weighted by Gasteiger charge is -2.56. The van der Waals surface area contributed by atoms with Crippen molar-refractivity contribution in [2.24, 2.45) is 23.2 Å². The molecular weight excluding hydrogens is 465 g/mol. The van der Waals surface area contributed by atoms with Crippen molar-refractivity contribution in [1.29, 1.82) is 0 Å². The van der Waals surface area contributed by atoms with Gasteiger partial charge in [0.15, 0.2) is 11.7 Å². The van der Waals surface area contributed by atoms with E-state index < -0.39 is 24.2 Å². The van der Waals surface area contributed by atoms with E-state index in [4.69, 9.17) is 11.6 Å². The van der Waals surface area contributed by atoms with Crippen molar-refractivity contribution in [3.05, 3.63) is 46.6 Å². The number of rotatable bonds is 4. The minimum Gasteiger partial charge on any atom is -0.363 e. The molecule has 5 aliphatic rings. The molecular formula is C25H28ClF3N4O. The van der Waals surface area contributed by atoms with E-state index in [2.05, 4.69) is 15.7 Å². The molecule has 1 aromatic heterocycles. The Morgan fingerprint density at radius 1 is 1.09 bits per heavy atom. The van der Waals surface area contributed by atoms with Gasteiger partial charge in [-0.05, 0) is 79.4 Å². The number of halogens is 4. The normalized spacial score (nSPS) is 33.9. The van der Waals surface area contributed by atoms with Crippen molar-refractivity contribution in [3.8, 4) is 0 Å². The molecule has 0 saturated heterocycles. The zero-order valence-electron chi connectivity index (χ0n) is 18.7. The first kappa shape index (κ1) is 22.3. The Bertz CT molecular complexity index is 1060. The number of amides is 1. The molecule has 2 aromatic rings. The van der Waals surface area contributed by atoms with Crippen LogP contribution in [0, 0.1) is 23.2 Å². The van der Waals surface area contributed by atoms with E-state index in [1.807, 2.05) is 0 Å². The van der Waals surface area contributed by atoms with E-state index in [-0.39, 0.29) is 23.3 Å². The van der Waals surface area contributed by atoms with Crippen molar-refractivity contribution in [1.82, 2.24) is 15.1 Å². The molecule has 4 saturated carbocycles. The van der Waals surface area contributed by atoms with Crippen molar-refractivity contribution < 1.29 is 18.0 Å². The van der Waals surface area contributed by atoms with Crippen LogP contribution in [-0.2, 0) is 0 Å². The van der Waals surface area contributed by atoms with Crippen molar-refractivity contribution >= 4 is 23.3 Å². The van der Waals surface area contributed by atoms with Crippen molar-refractivity contribution in [3.63, 3.8) is 0 Å². The number of benzene rings is 1. The second-order valence-electron chi connectivity index (χ2n) is 11.0. The zero-order chi connectivity index (χ0) is 23.7. The van der Waals surface area contributed by atoms with E-state index >= 15 is 0 Å². The quantitative estimate of drug-likeness (QED) is 0.538. The molecule has 5 nitrogen and oxygen atoms in total. The molecule has 182 valence electrons. The maximum Gasteiger partial charge on any atom is 0.410 e. The van der Waals surface area contributed by atoms with Gasteiger partial charge in [0.05, 0.1) is 6.04 Å². The average molecular weight is 493 g/mol. The second-order valence-corrected chi connectivity index (χ2v) is 11.4. The highest BCUT2D eigenvalue weighted by Gasteiger charge is 2.51. The Morgan fingerprint density at radius 3 is 2.29 bits per heavy atom. The number of hydrogen-bond donors (Lipinski definition) is 2. The number of nitrogens with zero attached hydrogens (tertiary/aromatic N) is 2. The van der Waals surface area contributed by atoms with Crippen molar-refractivity contribution in [2.45, 2.75) is 63.2 Å². The highest BCUT2D eigenvalue weighted by molar-refractivity contribution is 6.30. The van der Waals surface area contributed by atoms with Gasteiger partial charge >= 0.3 is 6.18 Å². The monoisotopic (exact) mass is 492 g/mol. The van der Waals surface area contributed by atoms with Crippen LogP contribution in [0.25, 0.3) is 0 Å². The second kappa shape index (κ2) is 7.90. The highest BCUT2D eigenvalue weighted by atomic mass is 35.5. The maximum atomic E-state index is 13.9. The molecule has 4 fully saturated rings. The third kappa shape index (κ3) is 3.97. The summed E-state index contributed by atoms with van der Waals surface area (Å²) in [6.07, 6.45) is 2.72. The van der Waals surface area contributed by atoms with Crippen LogP contribution in [-0.4, -0.2) is 28.4 Å². The Labute approximate surface area is 201 Å². The molecule has 7 rings (SSSR count). The van der Waals surface area contributed by atoms with Gasteiger partial charge in [0.1, 0.15) is 5.82 Å². The predicted molar refractivity (Wildman–Crippen MR) is 123 cm³/mol. The van der Waals surface area contributed by atoms with Gasteiger partial charge in [-0.2, -0.15) is 18.3 Å². The summed E-state index contributed by atoms with van der Waals surface area (Å²) < 4.78 is 42.8. The molecule has 1 aliphatic heterocycles. The number of aromatic nitrogens is 2. The number of carbonyl (C=O) groups excluding carboxylic acids is 1. The molecule has 0 unspecified atom stereocenters. The molecule has 1 amide bonds. The van der Waals surface area contributed by atoms with Crippen LogP contribution < -0.4 is 10.6 Å². The van der Waals surface area contributed by atoms with E-state index in [0.29, 0.717) is 17.1 Å². The SMILES string of the molecule is O=C(NCC12CC3CC(CC(C3)C1)C2)c1cc2n(n1)[C@@H](C(F)(F)F)C[C@@H](c1ccc(Cl)cc1)N2. The molecule has 4 bridgehead atoms. The Morgan fingerprint density at radius 2 is 1.71 bits per heavy atom. The Balaban J connectivity index is 1.21. The van der Waals surface area contributed by atoms with E-state index in [9.17, 15) is 18.0 Å². The summed E-state index contributed by atoms with van der Waals surface area (Å²) in [7, 11) is 0. The van der Waals surface area contributed by atoms with Crippen LogP contribution in [0.15, 0.2) is 30.3 Å². The smallest absolute Gasteiger partial charge is 0.363 e. The summed E-state index contributed by atoms with van der Waals surface area (Å²) >= 11 is 5.94. The van der Waals surface area contributed by atoms with Gasteiger partial charge in [-0.1, -0.05) is 23.7 Å². The molecule has 9 heteroatoms. The minimum atomic E-state index is -4.49. The van der Waals surface area contributed by atoms with Gasteiger partial charge in [-0.15, -0.1) is 0 Å². The van der Waals surface area contributed by atoms with Gasteiger partial charge in [0, 0.05) is 24.1 Å². The van der Waals surface area contributed by atoms with Crippen LogP contribution in [0.3, 0.4) is 0 Å². The first-order valence-electron chi connectivity index (χ1n) is 12.1. The lowest BCUT2D eigenvalue weighted by atomic mass is 9.49. The number of hydrogen-bond acceptors (Lipinski definition) is 3. The first-order chi connectivity index (χ1) is 16.2. The lowest BCUT2D eigenvalue weighted by molar-refractivity contribution is -0.173. The van der Waals surface area contributed by atoms with Gasteiger partial charge in [0.2, 0.25) is 0 Å². The van der Waals surface area contributed by atoms with E-state index in [1.165, 1.54) is 25.3 Å². The number of fused-ring (bicyclic) bond motifs is 1. The van der Waals surface area contributed by atoms with Gasteiger partial charge in [0.25, 0.3) is 5.91 Å². The topological polar surface area (TPSA) is 59.0 Å². The minimum absolute atomic E-state index is 0.0261. The van der Waals surface area contributed by atoms with Crippen molar-refractivity contribution in [2.75, 3.05) is 11.9 Å². The largest absolute Gasteiger partial charge is 0.410 e. The molecule has 2 N–H and O–H groups in total. The molecule has 0 spiro atoms. The van der Waals surface area contributed by atoms with Gasteiger partial charge in [-0.3, -0.25) is 4.79 Å². The van der Waals surface area contributed by atoms with E-state index in [0.717, 1.165) is 41.7 Å². The molecule has 1 aromatic carbocycles. The number of anilines is 1. The number of carbonyl (C=O) groups is 1. The Kier molecular flexibility index (Phi) is 5.17. The summed E-state index contributed by atoms with van der Waals surface area (Å²) in [4.78, 5) is 13.0. The molecule has 2 atom stereocenters. The number of nitrogens with one attached hydrogen (secondary N) is 2. The Hall–Kier alpha value is -2.22. The summed E-state index contributed by atoms with van der Waals surface area (Å²) in [5, 5.41) is 10.8. The third-order valence-electron chi connectivity index (χ3n) is 8.48. The van der Waals surface area contributed by atoms with Crippen LogP contribution in [0.4, 0.5) is 19.0 Å². The lowest BCUT2D eigenvalue weighted by Crippen LogP contribution is -2.51. The first-order valence-corrected chi connectivity index (χ1v) is 12.5. The molecule has 2 heterocycles. The molecule has 0 radical (unpaired) electrons. The van der Waals surface area contributed by atoms with Crippen LogP contribution in [0.5, 0.6) is 0 Å². The maximum absolute atomic E-state index is 13.9. The number of alkyl halides is 3. The average Bonchev–Trinajstić information content (AvgIpc) is 3.20. The fourth-order valence-corrected chi connectivity index (χ4v) is 7.59. The van der Waals surface area contributed by atoms with E-state index in [1.54, 1.807) is 24.3 Å². The summed E-state index contributed by atoms with van der Waals surface area (Å²) in [6, 6.07) is 5.84. The van der Waals surface area contributed by atoms with Gasteiger partial charge < -0.3 is 10.6 Å². The van der Waals surface area contributed by atoms with Gasteiger partial charge in [-0.25, -0.2) is 4.68 Å². The summed E-state index contributed by atoms with van der Waals surface area (Å²) in [5.41, 5.74) is 0.882. The fourth-order valence-electron chi connectivity index (χ4n) is 7.46. The van der Waals surface area contributed by atoms with Crippen LogP contribution in [0.2, 0.25) is 5.02 Å². The van der Waals surface area contributed by atoms with Crippen LogP contribution >= 0.6 is 11.6 Å². The highest BCUT2D eigenvalue weighted by Crippen LogP contribution is 2.59. The molecule has 34 heavy (non-hydrogen) atoms. The summed E-state index contributed by atoms with van der Waals surface area (Å²) in [5.74, 6) is 2.11. The standard InChI is InChI=1S/C25H28ClF3N4O/c26-18-3-1-17(2-4-18)19-8-21(25(27,28)29)33-22(31-19)9-20(32-33)23(34)30-13-24-10-14-5-15(11-24)7-16(6-14)12-24/h1-4,9,14-16,19,21,31H,5-8,10-13H2,(H,30,34)/t14?,15?,16?,19-,21+,24?/m0/s1. The summed E-state index contributed by atoms with van der Waals surface area (Å²) in [6.45, 7) is 0.584. The zero-order valence-corrected chi connectivity index (χ0v) is 19.5.